The number of hydrogen-bond acceptors (Lipinski definition) is 7. The molecule has 0 bridgehead atoms. The number of hydrogen-bond donors (Lipinski definition) is 1. The van der Waals surface area contributed by atoms with Crippen LogP contribution in [0.1, 0.15) is 11.1 Å². The zero-order valence-corrected chi connectivity index (χ0v) is 23.9. The molecule has 4 aromatic carbocycles. The fourth-order valence-electron chi connectivity index (χ4n) is 3.75. The number of hydrazone groups is 1. The van der Waals surface area contributed by atoms with Gasteiger partial charge in [0.05, 0.1) is 31.0 Å². The number of rotatable bonds is 12. The zero-order valence-electron chi connectivity index (χ0n) is 22.4. The maximum Gasteiger partial charge on any atom is 0.264 e. The van der Waals surface area contributed by atoms with E-state index in [-0.39, 0.29) is 16.3 Å². The predicted molar refractivity (Wildman–Crippen MR) is 158 cm³/mol. The lowest BCUT2D eigenvalue weighted by Gasteiger charge is -2.25. The molecule has 0 saturated carbocycles. The lowest BCUT2D eigenvalue weighted by molar-refractivity contribution is -0.119. The van der Waals surface area contributed by atoms with Gasteiger partial charge in [0.2, 0.25) is 0 Å². The van der Waals surface area contributed by atoms with Crippen molar-refractivity contribution in [2.75, 3.05) is 25.1 Å². The number of carbonyl (C=O) groups excluding carboxylic acids is 1. The topological polar surface area (TPSA) is 107 Å². The van der Waals surface area contributed by atoms with E-state index in [9.17, 15) is 13.2 Å². The second-order valence-electron chi connectivity index (χ2n) is 8.64. The smallest absolute Gasteiger partial charge is 0.264 e. The number of nitrogens with zero attached hydrogens (tertiary/aromatic N) is 2. The summed E-state index contributed by atoms with van der Waals surface area (Å²) < 4.78 is 44.5. The first-order valence-corrected chi connectivity index (χ1v) is 14.2. The molecule has 4 aromatic rings. The Morgan fingerprint density at radius 3 is 2.24 bits per heavy atom. The molecule has 0 aliphatic carbocycles. The van der Waals surface area contributed by atoms with Gasteiger partial charge in [0.1, 0.15) is 30.4 Å². The van der Waals surface area contributed by atoms with Crippen LogP contribution in [0.2, 0.25) is 5.02 Å². The van der Waals surface area contributed by atoms with Gasteiger partial charge < -0.3 is 14.2 Å². The highest BCUT2D eigenvalue weighted by molar-refractivity contribution is 7.92. The van der Waals surface area contributed by atoms with Gasteiger partial charge in [-0.2, -0.15) is 5.10 Å². The molecule has 0 aliphatic rings. The van der Waals surface area contributed by atoms with E-state index >= 15 is 0 Å². The molecular weight excluding hydrogens is 566 g/mol. The van der Waals surface area contributed by atoms with Crippen LogP contribution in [0.25, 0.3) is 0 Å². The Morgan fingerprint density at radius 2 is 1.59 bits per heavy atom. The highest BCUT2D eigenvalue weighted by Crippen LogP contribution is 2.35. The molecule has 1 amide bonds. The summed E-state index contributed by atoms with van der Waals surface area (Å²) >= 11 is 5.91. The van der Waals surface area contributed by atoms with Crippen LogP contribution in [-0.2, 0) is 21.4 Å². The highest BCUT2D eigenvalue weighted by atomic mass is 35.5. The number of sulfonamides is 1. The van der Waals surface area contributed by atoms with Crippen molar-refractivity contribution in [3.63, 3.8) is 0 Å². The Labute approximate surface area is 244 Å². The van der Waals surface area contributed by atoms with Crippen LogP contribution >= 0.6 is 11.6 Å². The van der Waals surface area contributed by atoms with E-state index in [1.807, 2.05) is 12.1 Å². The number of carbonyl (C=O) groups is 1. The normalized spacial score (nSPS) is 11.2. The molecule has 41 heavy (non-hydrogen) atoms. The maximum atomic E-state index is 13.6. The minimum atomic E-state index is -4.13. The fraction of sp³-hybridized carbons (Fsp3) is 0.133. The molecule has 0 unspecified atom stereocenters. The quantitative estimate of drug-likeness (QED) is 0.177. The van der Waals surface area contributed by atoms with Crippen molar-refractivity contribution in [3.8, 4) is 17.2 Å². The summed E-state index contributed by atoms with van der Waals surface area (Å²) in [5, 5.41) is 4.66. The summed E-state index contributed by atoms with van der Waals surface area (Å²) in [7, 11) is -1.24. The second kappa shape index (κ2) is 13.7. The minimum Gasteiger partial charge on any atom is -0.497 e. The van der Waals surface area contributed by atoms with Gasteiger partial charge in [0.25, 0.3) is 15.9 Å². The first-order valence-electron chi connectivity index (χ1n) is 12.4. The molecule has 11 heteroatoms. The van der Waals surface area contributed by atoms with Crippen molar-refractivity contribution in [2.24, 2.45) is 5.10 Å². The minimum absolute atomic E-state index is 0.0209. The zero-order chi connectivity index (χ0) is 29.2. The van der Waals surface area contributed by atoms with Gasteiger partial charge in [0, 0.05) is 11.1 Å². The molecule has 9 nitrogen and oxygen atoms in total. The van der Waals surface area contributed by atoms with Gasteiger partial charge in [-0.15, -0.1) is 0 Å². The second-order valence-corrected chi connectivity index (χ2v) is 10.9. The molecule has 0 atom stereocenters. The average Bonchev–Trinajstić information content (AvgIpc) is 3.00. The third kappa shape index (κ3) is 7.77. The summed E-state index contributed by atoms with van der Waals surface area (Å²) in [5.74, 6) is 0.703. The van der Waals surface area contributed by atoms with E-state index in [0.717, 1.165) is 9.87 Å². The first-order chi connectivity index (χ1) is 19.8. The molecule has 0 saturated heterocycles. The number of methoxy groups -OCH3 is 2. The molecule has 0 fully saturated rings. The molecule has 0 spiro atoms. The predicted octanol–water partition coefficient (Wildman–Crippen LogP) is 5.28. The van der Waals surface area contributed by atoms with Gasteiger partial charge in [0.15, 0.2) is 0 Å². The molecule has 0 aliphatic heterocycles. The van der Waals surface area contributed by atoms with Crippen LogP contribution < -0.4 is 23.9 Å². The van der Waals surface area contributed by atoms with E-state index in [1.165, 1.54) is 38.6 Å². The van der Waals surface area contributed by atoms with Crippen molar-refractivity contribution < 1.29 is 27.4 Å². The van der Waals surface area contributed by atoms with Gasteiger partial charge in [-0.25, -0.2) is 13.8 Å². The Hall–Kier alpha value is -4.54. The lowest BCUT2D eigenvalue weighted by Crippen LogP contribution is -2.39. The maximum absolute atomic E-state index is 13.6. The van der Waals surface area contributed by atoms with Gasteiger partial charge in [-0.3, -0.25) is 9.10 Å². The Bertz CT molecular complexity index is 1600. The van der Waals surface area contributed by atoms with Crippen molar-refractivity contribution in [2.45, 2.75) is 11.5 Å². The number of benzene rings is 4. The molecule has 212 valence electrons. The molecular formula is C30H28ClN3O6S. The fourth-order valence-corrected chi connectivity index (χ4v) is 5.33. The van der Waals surface area contributed by atoms with Crippen LogP contribution in [0.3, 0.4) is 0 Å². The number of anilines is 1. The van der Waals surface area contributed by atoms with E-state index in [1.54, 1.807) is 66.7 Å². The summed E-state index contributed by atoms with van der Waals surface area (Å²) in [4.78, 5) is 12.9. The summed E-state index contributed by atoms with van der Waals surface area (Å²) in [6, 6.07) is 27.0. The molecule has 0 radical (unpaired) electrons. The standard InChI is InChI=1S/C30H28ClN3O6S/c1-38-26-16-17-28(29(18-26)39-2)34(41(36,37)27-6-4-3-5-7-27)20-30(35)33-32-19-22-10-14-25(15-11-22)40-21-23-8-12-24(31)13-9-23/h3-19H,20-21H2,1-2H3,(H,33,35)/b32-19-. The Balaban J connectivity index is 1.45. The van der Waals surface area contributed by atoms with E-state index < -0.39 is 22.5 Å². The van der Waals surface area contributed by atoms with Crippen LogP contribution in [0.5, 0.6) is 17.2 Å². The monoisotopic (exact) mass is 593 g/mol. The molecule has 0 heterocycles. The Kier molecular flexibility index (Phi) is 9.83. The summed E-state index contributed by atoms with van der Waals surface area (Å²) in [6.45, 7) is -0.156. The van der Waals surface area contributed by atoms with Crippen LogP contribution in [0, 0.1) is 0 Å². The van der Waals surface area contributed by atoms with Crippen LogP contribution in [0.15, 0.2) is 107 Å². The largest absolute Gasteiger partial charge is 0.497 e. The average molecular weight is 594 g/mol. The molecule has 0 aromatic heterocycles. The summed E-state index contributed by atoms with van der Waals surface area (Å²) in [5.41, 5.74) is 4.26. The third-order valence-corrected chi connectivity index (χ3v) is 7.90. The van der Waals surface area contributed by atoms with Gasteiger partial charge in [-0.1, -0.05) is 41.9 Å². The number of ether oxygens (including phenoxy) is 3. The molecule has 1 N–H and O–H groups in total. The van der Waals surface area contributed by atoms with Gasteiger partial charge in [-0.05, 0) is 71.8 Å². The van der Waals surface area contributed by atoms with Crippen LogP contribution in [0.4, 0.5) is 5.69 Å². The van der Waals surface area contributed by atoms with E-state index in [2.05, 4.69) is 10.5 Å². The van der Waals surface area contributed by atoms with Crippen molar-refractivity contribution in [1.29, 1.82) is 0 Å². The Morgan fingerprint density at radius 1 is 0.902 bits per heavy atom. The lowest BCUT2D eigenvalue weighted by atomic mass is 10.2. The first kappa shape index (κ1) is 29.4. The van der Waals surface area contributed by atoms with Crippen LogP contribution in [-0.4, -0.2) is 41.3 Å². The highest BCUT2D eigenvalue weighted by Gasteiger charge is 2.29. The van der Waals surface area contributed by atoms with Crippen molar-refractivity contribution in [1.82, 2.24) is 5.43 Å². The summed E-state index contributed by atoms with van der Waals surface area (Å²) in [6.07, 6.45) is 1.45. The number of nitrogens with one attached hydrogen (secondary N) is 1. The SMILES string of the molecule is COc1ccc(N(CC(=O)N/N=C\c2ccc(OCc3ccc(Cl)cc3)cc2)S(=O)(=O)c2ccccc2)c(OC)c1. The number of amides is 1. The third-order valence-electron chi connectivity index (χ3n) is 5.88. The van der Waals surface area contributed by atoms with E-state index in [0.29, 0.717) is 28.7 Å². The van der Waals surface area contributed by atoms with Crippen molar-refractivity contribution in [3.05, 3.63) is 113 Å². The molecule has 4 rings (SSSR count). The van der Waals surface area contributed by atoms with E-state index in [4.69, 9.17) is 25.8 Å². The van der Waals surface area contributed by atoms with Gasteiger partial charge >= 0.3 is 0 Å². The number of halogens is 1. The van der Waals surface area contributed by atoms with Crippen molar-refractivity contribution >= 4 is 39.4 Å².